The molecule has 1 amide bonds. The Morgan fingerprint density at radius 2 is 2.09 bits per heavy atom. The Labute approximate surface area is 194 Å². The summed E-state index contributed by atoms with van der Waals surface area (Å²) < 4.78 is 6.97. The van der Waals surface area contributed by atoms with E-state index in [1.165, 1.54) is 35.1 Å². The fourth-order valence-electron chi connectivity index (χ4n) is 3.83. The molecule has 0 fully saturated rings. The molecule has 0 radical (unpaired) electrons. The number of thiophene rings is 1. The van der Waals surface area contributed by atoms with E-state index in [4.69, 9.17) is 4.74 Å². The topological polar surface area (TPSA) is 99.0 Å². The van der Waals surface area contributed by atoms with Crippen molar-refractivity contribution in [3.05, 3.63) is 40.5 Å². The number of nitrogens with one attached hydrogen (secondary N) is 1. The highest BCUT2D eigenvalue weighted by molar-refractivity contribution is 7.99. The normalized spacial score (nSPS) is 13.3. The summed E-state index contributed by atoms with van der Waals surface area (Å²) in [7, 11) is 1.38. The molecule has 4 rings (SSSR count). The zero-order valence-corrected chi connectivity index (χ0v) is 19.7. The molecule has 8 nitrogen and oxygen atoms in total. The minimum atomic E-state index is -0.390. The van der Waals surface area contributed by atoms with Crippen LogP contribution in [0.5, 0.6) is 0 Å². The van der Waals surface area contributed by atoms with E-state index >= 15 is 0 Å². The van der Waals surface area contributed by atoms with Gasteiger partial charge in [0, 0.05) is 29.4 Å². The molecule has 3 aromatic heterocycles. The fourth-order valence-corrected chi connectivity index (χ4v) is 5.93. The van der Waals surface area contributed by atoms with Crippen molar-refractivity contribution in [2.24, 2.45) is 0 Å². The number of aryl methyl sites for hydroxylation is 1. The number of fused-ring (bicyclic) bond motifs is 1. The lowest BCUT2D eigenvalue weighted by molar-refractivity contribution is -0.113. The summed E-state index contributed by atoms with van der Waals surface area (Å²) in [5.74, 6) is 0.303. The average Bonchev–Trinajstić information content (AvgIpc) is 3.30. The molecular formula is C22H25N5O3S2. The SMILES string of the molecule is CCn1c(SCC(=O)Nc2sc3c(c2C(=O)OC)CCCCC3)nnc1-c1cccnc1. The summed E-state index contributed by atoms with van der Waals surface area (Å²) in [6.07, 6.45) is 8.53. The van der Waals surface area contributed by atoms with Crippen molar-refractivity contribution in [2.45, 2.75) is 50.7 Å². The molecule has 0 saturated heterocycles. The van der Waals surface area contributed by atoms with Crippen LogP contribution in [0.3, 0.4) is 0 Å². The van der Waals surface area contributed by atoms with E-state index in [0.29, 0.717) is 22.3 Å². The number of carbonyl (C=O) groups is 2. The summed E-state index contributed by atoms with van der Waals surface area (Å²) in [5, 5.41) is 12.7. The van der Waals surface area contributed by atoms with Crippen molar-refractivity contribution in [3.63, 3.8) is 0 Å². The Kier molecular flexibility index (Phi) is 7.21. The molecule has 168 valence electrons. The van der Waals surface area contributed by atoms with E-state index in [2.05, 4.69) is 20.5 Å². The van der Waals surface area contributed by atoms with Crippen LogP contribution in [0, 0.1) is 0 Å². The highest BCUT2D eigenvalue weighted by Crippen LogP contribution is 2.38. The second kappa shape index (κ2) is 10.3. The minimum absolute atomic E-state index is 0.161. The van der Waals surface area contributed by atoms with Crippen molar-refractivity contribution >= 4 is 40.0 Å². The largest absolute Gasteiger partial charge is 0.465 e. The number of ether oxygens (including phenoxy) is 1. The van der Waals surface area contributed by atoms with E-state index in [9.17, 15) is 9.59 Å². The van der Waals surface area contributed by atoms with Crippen molar-refractivity contribution in [1.82, 2.24) is 19.7 Å². The second-order valence-electron chi connectivity index (χ2n) is 7.39. The van der Waals surface area contributed by atoms with Gasteiger partial charge in [0.1, 0.15) is 5.00 Å². The molecule has 1 aliphatic carbocycles. The van der Waals surface area contributed by atoms with Gasteiger partial charge in [0.05, 0.1) is 18.4 Å². The average molecular weight is 472 g/mol. The van der Waals surface area contributed by atoms with Crippen molar-refractivity contribution in [3.8, 4) is 11.4 Å². The van der Waals surface area contributed by atoms with E-state index in [1.807, 2.05) is 23.6 Å². The number of aromatic nitrogens is 4. The molecule has 0 unspecified atom stereocenters. The van der Waals surface area contributed by atoms with Gasteiger partial charge in [-0.25, -0.2) is 4.79 Å². The van der Waals surface area contributed by atoms with Crippen LogP contribution >= 0.6 is 23.1 Å². The van der Waals surface area contributed by atoms with Crippen LogP contribution in [0.25, 0.3) is 11.4 Å². The highest BCUT2D eigenvalue weighted by Gasteiger charge is 2.26. The Balaban J connectivity index is 1.48. The molecule has 0 spiro atoms. The second-order valence-corrected chi connectivity index (χ2v) is 9.44. The van der Waals surface area contributed by atoms with Crippen molar-refractivity contribution in [1.29, 1.82) is 0 Å². The lowest BCUT2D eigenvalue weighted by Crippen LogP contribution is -2.16. The molecular weight excluding hydrogens is 446 g/mol. The quantitative estimate of drug-likeness (QED) is 0.313. The maximum atomic E-state index is 12.8. The van der Waals surface area contributed by atoms with Gasteiger partial charge in [-0.3, -0.25) is 9.78 Å². The maximum Gasteiger partial charge on any atom is 0.341 e. The van der Waals surface area contributed by atoms with Crippen LogP contribution in [0.15, 0.2) is 29.7 Å². The monoisotopic (exact) mass is 471 g/mol. The third-order valence-electron chi connectivity index (χ3n) is 5.35. The van der Waals surface area contributed by atoms with Crippen LogP contribution in [-0.2, 0) is 28.9 Å². The number of pyridine rings is 1. The number of nitrogens with zero attached hydrogens (tertiary/aromatic N) is 4. The van der Waals surface area contributed by atoms with Gasteiger partial charge >= 0.3 is 5.97 Å². The first-order chi connectivity index (χ1) is 15.6. The maximum absolute atomic E-state index is 12.8. The van der Waals surface area contributed by atoms with Gasteiger partial charge in [0.2, 0.25) is 5.91 Å². The lowest BCUT2D eigenvalue weighted by Gasteiger charge is -2.08. The number of carbonyl (C=O) groups excluding carboxylic acids is 2. The van der Waals surface area contributed by atoms with Gasteiger partial charge < -0.3 is 14.6 Å². The van der Waals surface area contributed by atoms with Crippen LogP contribution in [0.1, 0.15) is 47.0 Å². The third-order valence-corrected chi connectivity index (χ3v) is 7.52. The summed E-state index contributed by atoms with van der Waals surface area (Å²) in [6, 6.07) is 3.78. The highest BCUT2D eigenvalue weighted by atomic mass is 32.2. The third kappa shape index (κ3) is 4.71. The van der Waals surface area contributed by atoms with E-state index in [0.717, 1.165) is 49.1 Å². The minimum Gasteiger partial charge on any atom is -0.465 e. The Bertz CT molecular complexity index is 1110. The van der Waals surface area contributed by atoms with Gasteiger partial charge in [-0.15, -0.1) is 21.5 Å². The van der Waals surface area contributed by atoms with Gasteiger partial charge in [-0.05, 0) is 50.3 Å². The number of esters is 1. The molecule has 3 aromatic rings. The first kappa shape index (κ1) is 22.5. The number of methoxy groups -OCH3 is 1. The van der Waals surface area contributed by atoms with Gasteiger partial charge in [-0.2, -0.15) is 0 Å². The molecule has 0 bridgehead atoms. The first-order valence-electron chi connectivity index (χ1n) is 10.6. The number of hydrogen-bond acceptors (Lipinski definition) is 8. The standard InChI is InChI=1S/C22H25N5O3S2/c1-3-27-19(14-8-7-11-23-12-14)25-26-22(27)31-13-17(28)24-20-18(21(29)30-2)15-9-5-4-6-10-16(15)32-20/h7-8,11-12H,3-6,9-10,13H2,1-2H3,(H,24,28). The van der Waals surface area contributed by atoms with Crippen LogP contribution in [-0.4, -0.2) is 44.5 Å². The van der Waals surface area contributed by atoms with Crippen LogP contribution < -0.4 is 5.32 Å². The lowest BCUT2D eigenvalue weighted by atomic mass is 10.1. The Morgan fingerprint density at radius 1 is 1.25 bits per heavy atom. The molecule has 10 heteroatoms. The van der Waals surface area contributed by atoms with Crippen molar-refractivity contribution < 1.29 is 14.3 Å². The molecule has 0 aromatic carbocycles. The molecule has 0 atom stereocenters. The predicted octanol–water partition coefficient (Wildman–Crippen LogP) is 4.21. The summed E-state index contributed by atoms with van der Waals surface area (Å²) in [4.78, 5) is 30.5. The molecule has 0 saturated carbocycles. The number of hydrogen-bond donors (Lipinski definition) is 1. The van der Waals surface area contributed by atoms with Crippen LogP contribution in [0.4, 0.5) is 5.00 Å². The van der Waals surface area contributed by atoms with Gasteiger partial charge in [0.15, 0.2) is 11.0 Å². The van der Waals surface area contributed by atoms with E-state index < -0.39 is 0 Å². The van der Waals surface area contributed by atoms with Crippen molar-refractivity contribution in [2.75, 3.05) is 18.2 Å². The number of amides is 1. The van der Waals surface area contributed by atoms with E-state index in [1.54, 1.807) is 12.4 Å². The summed E-state index contributed by atoms with van der Waals surface area (Å²) in [5.41, 5.74) is 2.43. The smallest absolute Gasteiger partial charge is 0.341 e. The van der Waals surface area contributed by atoms with Gasteiger partial charge in [-0.1, -0.05) is 18.2 Å². The molecule has 0 aliphatic heterocycles. The van der Waals surface area contributed by atoms with Gasteiger partial charge in [0.25, 0.3) is 0 Å². The molecule has 32 heavy (non-hydrogen) atoms. The summed E-state index contributed by atoms with van der Waals surface area (Å²) in [6.45, 7) is 2.68. The number of thioether (sulfide) groups is 1. The van der Waals surface area contributed by atoms with E-state index in [-0.39, 0.29) is 17.6 Å². The first-order valence-corrected chi connectivity index (χ1v) is 12.4. The predicted molar refractivity (Wildman–Crippen MR) is 125 cm³/mol. The Hall–Kier alpha value is -2.72. The molecule has 3 heterocycles. The Morgan fingerprint density at radius 3 is 2.84 bits per heavy atom. The fraction of sp³-hybridized carbons (Fsp3) is 0.409. The molecule has 1 N–H and O–H groups in total. The number of anilines is 1. The zero-order valence-electron chi connectivity index (χ0n) is 18.1. The summed E-state index contributed by atoms with van der Waals surface area (Å²) >= 11 is 2.81. The van der Waals surface area contributed by atoms with Crippen LogP contribution in [0.2, 0.25) is 0 Å². The molecule has 1 aliphatic rings. The number of rotatable bonds is 7. The zero-order chi connectivity index (χ0) is 22.5.